The summed E-state index contributed by atoms with van der Waals surface area (Å²) in [6, 6.07) is 4.82. The fourth-order valence-corrected chi connectivity index (χ4v) is 2.29. The van der Waals surface area contributed by atoms with Gasteiger partial charge in [-0.3, -0.25) is 0 Å². The Bertz CT molecular complexity index is 472. The van der Waals surface area contributed by atoms with Crippen molar-refractivity contribution < 1.29 is 14.6 Å². The van der Waals surface area contributed by atoms with Gasteiger partial charge >= 0.3 is 6.03 Å². The molecule has 118 valence electrons. The van der Waals surface area contributed by atoms with E-state index in [1.54, 1.807) is 12.1 Å². The third kappa shape index (κ3) is 7.00. The van der Waals surface area contributed by atoms with E-state index >= 15 is 0 Å². The van der Waals surface area contributed by atoms with Crippen molar-refractivity contribution in [2.75, 3.05) is 20.3 Å². The zero-order valence-electron chi connectivity index (χ0n) is 12.0. The maximum Gasteiger partial charge on any atom is 0.315 e. The average Bonchev–Trinajstić information content (AvgIpc) is 2.40. The molecule has 0 heterocycles. The molecule has 2 amide bonds. The molecule has 1 rings (SSSR count). The molecule has 0 aliphatic carbocycles. The van der Waals surface area contributed by atoms with Crippen LogP contribution in [-0.4, -0.2) is 43.5 Å². The molecule has 21 heavy (non-hydrogen) atoms. The molecule has 0 fully saturated rings. The molecular weight excluding hydrogens is 315 g/mol. The number of ether oxygens (including phenoxy) is 1. The minimum absolute atomic E-state index is 0.108. The van der Waals surface area contributed by atoms with Crippen LogP contribution in [0.1, 0.15) is 12.5 Å². The highest BCUT2D eigenvalue weighted by molar-refractivity contribution is 6.35. The lowest BCUT2D eigenvalue weighted by molar-refractivity contribution is 0.0659. The van der Waals surface area contributed by atoms with Gasteiger partial charge in [0, 0.05) is 29.7 Å². The number of carbonyl (C=O) groups is 1. The zero-order chi connectivity index (χ0) is 15.8. The first kappa shape index (κ1) is 18.0. The van der Waals surface area contributed by atoms with Gasteiger partial charge in [0.05, 0.1) is 12.7 Å². The Morgan fingerprint density at radius 1 is 1.43 bits per heavy atom. The number of carbonyl (C=O) groups excluding carboxylic acids is 1. The maximum absolute atomic E-state index is 11.7. The van der Waals surface area contributed by atoms with Gasteiger partial charge in [-0.15, -0.1) is 0 Å². The first-order valence-corrected chi connectivity index (χ1v) is 7.33. The van der Waals surface area contributed by atoms with E-state index in [1.807, 2.05) is 13.0 Å². The number of rotatable bonds is 7. The standard InChI is InChI=1S/C14H20Cl2N2O3/c1-9(5-10-3-4-11(15)6-13(10)16)18-14(20)17-7-12(19)8-21-2/h3-4,6,9,12,19H,5,7-8H2,1-2H3,(H2,17,18,20). The fraction of sp³-hybridized carbons (Fsp3) is 0.500. The first-order chi connectivity index (χ1) is 9.92. The summed E-state index contributed by atoms with van der Waals surface area (Å²) in [5.74, 6) is 0. The van der Waals surface area contributed by atoms with Gasteiger partial charge in [0.25, 0.3) is 0 Å². The van der Waals surface area contributed by atoms with Gasteiger partial charge in [0.1, 0.15) is 0 Å². The van der Waals surface area contributed by atoms with Crippen molar-refractivity contribution in [1.29, 1.82) is 0 Å². The van der Waals surface area contributed by atoms with E-state index in [0.717, 1.165) is 5.56 Å². The van der Waals surface area contributed by atoms with Crippen LogP contribution in [0.15, 0.2) is 18.2 Å². The number of methoxy groups -OCH3 is 1. The highest BCUT2D eigenvalue weighted by Gasteiger charge is 2.11. The molecular formula is C14H20Cl2N2O3. The molecule has 0 aliphatic rings. The van der Waals surface area contributed by atoms with Gasteiger partial charge in [0.2, 0.25) is 0 Å². The topological polar surface area (TPSA) is 70.6 Å². The van der Waals surface area contributed by atoms with Gasteiger partial charge < -0.3 is 20.5 Å². The molecule has 2 unspecified atom stereocenters. The second kappa shape index (κ2) is 9.10. The number of urea groups is 1. The van der Waals surface area contributed by atoms with Crippen LogP contribution in [0.2, 0.25) is 10.0 Å². The quantitative estimate of drug-likeness (QED) is 0.716. The lowest BCUT2D eigenvalue weighted by Gasteiger charge is -2.17. The van der Waals surface area contributed by atoms with Crippen LogP contribution in [0.5, 0.6) is 0 Å². The van der Waals surface area contributed by atoms with Crippen LogP contribution >= 0.6 is 23.2 Å². The molecule has 0 saturated carbocycles. The monoisotopic (exact) mass is 334 g/mol. The Morgan fingerprint density at radius 3 is 2.76 bits per heavy atom. The second-order valence-electron chi connectivity index (χ2n) is 4.80. The summed E-state index contributed by atoms with van der Waals surface area (Å²) in [6.07, 6.45) is -0.133. The number of benzene rings is 1. The highest BCUT2D eigenvalue weighted by atomic mass is 35.5. The smallest absolute Gasteiger partial charge is 0.315 e. The third-order valence-corrected chi connectivity index (χ3v) is 3.36. The van der Waals surface area contributed by atoms with E-state index in [0.29, 0.717) is 16.5 Å². The van der Waals surface area contributed by atoms with Crippen molar-refractivity contribution in [2.45, 2.75) is 25.5 Å². The van der Waals surface area contributed by atoms with Gasteiger partial charge in [-0.05, 0) is 31.0 Å². The predicted octanol–water partition coefficient (Wildman–Crippen LogP) is 2.23. The molecule has 0 saturated heterocycles. The van der Waals surface area contributed by atoms with Crippen molar-refractivity contribution in [1.82, 2.24) is 10.6 Å². The summed E-state index contributed by atoms with van der Waals surface area (Å²) in [7, 11) is 1.49. The van der Waals surface area contributed by atoms with E-state index in [4.69, 9.17) is 27.9 Å². The number of nitrogens with one attached hydrogen (secondary N) is 2. The van der Waals surface area contributed by atoms with Crippen molar-refractivity contribution >= 4 is 29.2 Å². The maximum atomic E-state index is 11.7. The third-order valence-electron chi connectivity index (χ3n) is 2.78. The minimum Gasteiger partial charge on any atom is -0.389 e. The van der Waals surface area contributed by atoms with E-state index < -0.39 is 6.10 Å². The van der Waals surface area contributed by atoms with Gasteiger partial charge in [-0.25, -0.2) is 4.79 Å². The van der Waals surface area contributed by atoms with Crippen LogP contribution < -0.4 is 10.6 Å². The van der Waals surface area contributed by atoms with Crippen LogP contribution in [-0.2, 0) is 11.2 Å². The average molecular weight is 335 g/mol. The number of amides is 2. The summed E-state index contributed by atoms with van der Waals surface area (Å²) in [6.45, 7) is 2.18. The molecule has 2 atom stereocenters. The molecule has 0 spiro atoms. The number of aliphatic hydroxyl groups is 1. The second-order valence-corrected chi connectivity index (χ2v) is 5.65. The Hall–Kier alpha value is -1.01. The Kier molecular flexibility index (Phi) is 7.82. The molecule has 0 aromatic heterocycles. The predicted molar refractivity (Wildman–Crippen MR) is 84.0 cm³/mol. The summed E-state index contributed by atoms with van der Waals surface area (Å²) < 4.78 is 4.77. The lowest BCUT2D eigenvalue weighted by Crippen LogP contribution is -2.44. The van der Waals surface area contributed by atoms with Crippen LogP contribution in [0.4, 0.5) is 4.79 Å². The number of hydrogen-bond acceptors (Lipinski definition) is 3. The van der Waals surface area contributed by atoms with E-state index in [-0.39, 0.29) is 25.2 Å². The van der Waals surface area contributed by atoms with E-state index in [9.17, 15) is 9.90 Å². The van der Waals surface area contributed by atoms with Gasteiger partial charge in [0.15, 0.2) is 0 Å². The van der Waals surface area contributed by atoms with Crippen LogP contribution in [0.25, 0.3) is 0 Å². The fourth-order valence-electron chi connectivity index (χ4n) is 1.80. The SMILES string of the molecule is COCC(O)CNC(=O)NC(C)Cc1ccc(Cl)cc1Cl. The van der Waals surface area contributed by atoms with Crippen molar-refractivity contribution in [3.05, 3.63) is 33.8 Å². The van der Waals surface area contributed by atoms with Crippen LogP contribution in [0.3, 0.4) is 0 Å². The van der Waals surface area contributed by atoms with Crippen molar-refractivity contribution in [2.24, 2.45) is 0 Å². The number of hydrogen-bond donors (Lipinski definition) is 3. The number of halogens is 2. The Morgan fingerprint density at radius 2 is 2.14 bits per heavy atom. The van der Waals surface area contributed by atoms with E-state index in [2.05, 4.69) is 10.6 Å². The minimum atomic E-state index is -0.721. The van der Waals surface area contributed by atoms with Gasteiger partial charge in [-0.2, -0.15) is 0 Å². The summed E-state index contributed by atoms with van der Waals surface area (Å²) in [5.41, 5.74) is 0.910. The highest BCUT2D eigenvalue weighted by Crippen LogP contribution is 2.22. The summed E-state index contributed by atoms with van der Waals surface area (Å²) in [5, 5.41) is 15.9. The normalized spacial score (nSPS) is 13.6. The Balaban J connectivity index is 2.39. The largest absolute Gasteiger partial charge is 0.389 e. The molecule has 7 heteroatoms. The number of aliphatic hydroxyl groups excluding tert-OH is 1. The molecule has 0 bridgehead atoms. The molecule has 0 aliphatic heterocycles. The van der Waals surface area contributed by atoms with E-state index in [1.165, 1.54) is 7.11 Å². The Labute approximate surface area is 134 Å². The van der Waals surface area contributed by atoms with Crippen molar-refractivity contribution in [3.63, 3.8) is 0 Å². The van der Waals surface area contributed by atoms with Crippen molar-refractivity contribution in [3.8, 4) is 0 Å². The molecule has 1 aromatic carbocycles. The molecule has 1 aromatic rings. The summed E-state index contributed by atoms with van der Waals surface area (Å²) >= 11 is 11.9. The zero-order valence-corrected chi connectivity index (χ0v) is 13.5. The lowest BCUT2D eigenvalue weighted by atomic mass is 10.1. The molecule has 5 nitrogen and oxygen atoms in total. The first-order valence-electron chi connectivity index (χ1n) is 6.57. The molecule has 0 radical (unpaired) electrons. The summed E-state index contributed by atoms with van der Waals surface area (Å²) in [4.78, 5) is 11.7. The van der Waals surface area contributed by atoms with Gasteiger partial charge in [-0.1, -0.05) is 29.3 Å². The molecule has 3 N–H and O–H groups in total. The van der Waals surface area contributed by atoms with Crippen LogP contribution in [0, 0.1) is 0 Å².